The van der Waals surface area contributed by atoms with Gasteiger partial charge in [-0.2, -0.15) is 0 Å². The molecule has 0 atom stereocenters. The van der Waals surface area contributed by atoms with Gasteiger partial charge in [0.15, 0.2) is 0 Å². The maximum atomic E-state index is 6.68. The van der Waals surface area contributed by atoms with E-state index in [2.05, 4.69) is 6.92 Å². The third-order valence-corrected chi connectivity index (χ3v) is 5.92. The van der Waals surface area contributed by atoms with Crippen molar-refractivity contribution in [3.63, 3.8) is 0 Å². The first-order valence-corrected chi connectivity index (χ1v) is 9.92. The monoisotopic (exact) mass is 306 g/mol. The van der Waals surface area contributed by atoms with E-state index >= 15 is 0 Å². The van der Waals surface area contributed by atoms with E-state index in [1.165, 1.54) is 0 Å². The molecule has 0 aliphatic rings. The maximum absolute atomic E-state index is 6.68. The fourth-order valence-corrected chi connectivity index (χ4v) is 4.77. The molecule has 0 saturated carbocycles. The third kappa shape index (κ3) is 4.58. The molecule has 0 N–H and O–H groups in total. The van der Waals surface area contributed by atoms with Gasteiger partial charge >= 0.3 is 7.87 Å². The highest BCUT2D eigenvalue weighted by atomic mass is 35.6. The van der Waals surface area contributed by atoms with E-state index in [9.17, 15) is 0 Å². The van der Waals surface area contributed by atoms with Crippen molar-refractivity contribution in [1.82, 2.24) is 0 Å². The predicted octanol–water partition coefficient (Wildman–Crippen LogP) is 5.12. The molecule has 2 rings (SSSR count). The lowest BCUT2D eigenvalue weighted by molar-refractivity contribution is 0.405. The Hall–Kier alpha value is -1.45. The van der Waals surface area contributed by atoms with Gasteiger partial charge < -0.3 is 8.85 Å². The Kier molecular flexibility index (Phi) is 5.50. The van der Waals surface area contributed by atoms with Gasteiger partial charge in [-0.05, 0) is 30.7 Å². The van der Waals surface area contributed by atoms with Crippen LogP contribution in [0.25, 0.3) is 0 Å². The van der Waals surface area contributed by atoms with Crippen LogP contribution in [0.15, 0.2) is 60.7 Å². The summed E-state index contributed by atoms with van der Waals surface area (Å²) in [5, 5.41) is 0. The average Bonchev–Trinajstić information content (AvgIpc) is 2.47. The lowest BCUT2D eigenvalue weighted by Gasteiger charge is -2.25. The van der Waals surface area contributed by atoms with E-state index < -0.39 is 7.87 Å². The molecular weight excluding hydrogens is 288 g/mol. The lowest BCUT2D eigenvalue weighted by atomic mass is 10.3. The fourth-order valence-electron chi connectivity index (χ4n) is 1.84. The minimum absolute atomic E-state index is 0.759. The molecule has 0 spiro atoms. The summed E-state index contributed by atoms with van der Waals surface area (Å²) in [4.78, 5) is 0. The van der Waals surface area contributed by atoms with Crippen molar-refractivity contribution in [3.05, 3.63) is 60.7 Å². The highest BCUT2D eigenvalue weighted by Crippen LogP contribution is 2.27. The summed E-state index contributed by atoms with van der Waals surface area (Å²) < 4.78 is 12.0. The summed E-state index contributed by atoms with van der Waals surface area (Å²) in [7, 11) is -2.78. The molecule has 0 aliphatic heterocycles. The molecule has 20 heavy (non-hydrogen) atoms. The molecule has 0 aliphatic carbocycles. The largest absolute Gasteiger partial charge is 0.569 e. The Morgan fingerprint density at radius 3 is 1.70 bits per heavy atom. The zero-order valence-corrected chi connectivity index (χ0v) is 13.3. The van der Waals surface area contributed by atoms with Crippen LogP contribution in [-0.2, 0) is 0 Å². The van der Waals surface area contributed by atoms with Crippen molar-refractivity contribution in [2.75, 3.05) is 0 Å². The third-order valence-electron chi connectivity index (χ3n) is 2.86. The summed E-state index contributed by atoms with van der Waals surface area (Å²) in [6, 6.07) is 20.0. The molecule has 2 nitrogen and oxygen atoms in total. The van der Waals surface area contributed by atoms with Gasteiger partial charge in [0.25, 0.3) is 0 Å². The molecule has 4 heteroatoms. The van der Waals surface area contributed by atoms with Crippen LogP contribution in [0.5, 0.6) is 11.5 Å². The van der Waals surface area contributed by atoms with Crippen LogP contribution in [0.4, 0.5) is 0 Å². The molecule has 2 aromatic rings. The first-order valence-electron chi connectivity index (χ1n) is 6.89. The number of unbranched alkanes of at least 4 members (excludes halogenated alkanes) is 1. The first-order chi connectivity index (χ1) is 9.72. The zero-order chi connectivity index (χ0) is 14.3. The summed E-state index contributed by atoms with van der Waals surface area (Å²) in [6.45, 7) is 2.14. The minimum Gasteiger partial charge on any atom is -0.501 e. The Morgan fingerprint density at radius 1 is 0.850 bits per heavy atom. The first kappa shape index (κ1) is 14.9. The normalized spacial score (nSPS) is 11.1. The van der Waals surface area contributed by atoms with Crippen LogP contribution in [0.1, 0.15) is 19.8 Å². The van der Waals surface area contributed by atoms with Crippen LogP contribution in [0.2, 0.25) is 6.04 Å². The van der Waals surface area contributed by atoms with E-state index in [4.69, 9.17) is 19.9 Å². The van der Waals surface area contributed by atoms with Crippen molar-refractivity contribution >= 4 is 18.9 Å². The van der Waals surface area contributed by atoms with E-state index in [-0.39, 0.29) is 0 Å². The van der Waals surface area contributed by atoms with Gasteiger partial charge in [-0.25, -0.2) is 0 Å². The summed E-state index contributed by atoms with van der Waals surface area (Å²) in [5.74, 6) is 1.53. The smallest absolute Gasteiger partial charge is 0.501 e. The van der Waals surface area contributed by atoms with Gasteiger partial charge in [-0.15, -0.1) is 0 Å². The number of benzene rings is 2. The molecule has 0 radical (unpaired) electrons. The van der Waals surface area contributed by atoms with E-state index in [1.54, 1.807) is 0 Å². The van der Waals surface area contributed by atoms with Crippen molar-refractivity contribution in [1.29, 1.82) is 0 Å². The van der Waals surface area contributed by atoms with Gasteiger partial charge in [-0.1, -0.05) is 60.8 Å². The standard InChI is InChI=1S/C16H19ClO2Si/c1-2-3-14-20(17,18-15-10-6-4-7-11-15)19-16-12-8-5-9-13-16/h4-13H,2-3,14H2,1H3. The quantitative estimate of drug-likeness (QED) is 0.522. The van der Waals surface area contributed by atoms with Gasteiger partial charge in [0.05, 0.1) is 0 Å². The predicted molar refractivity (Wildman–Crippen MR) is 85.5 cm³/mol. The molecule has 0 fully saturated rings. The number of hydrogen-bond donors (Lipinski definition) is 0. The molecule has 106 valence electrons. The van der Waals surface area contributed by atoms with Gasteiger partial charge in [0, 0.05) is 6.04 Å². The van der Waals surface area contributed by atoms with Crippen LogP contribution >= 0.6 is 11.1 Å². The van der Waals surface area contributed by atoms with E-state index in [1.807, 2.05) is 60.7 Å². The average molecular weight is 307 g/mol. The number of rotatable bonds is 7. The van der Waals surface area contributed by atoms with Crippen LogP contribution < -0.4 is 8.85 Å². The Labute approximate surface area is 126 Å². The zero-order valence-electron chi connectivity index (χ0n) is 11.6. The van der Waals surface area contributed by atoms with Crippen LogP contribution in [0, 0.1) is 0 Å². The number of halogens is 1. The second-order valence-corrected chi connectivity index (χ2v) is 8.55. The molecule has 2 aromatic carbocycles. The van der Waals surface area contributed by atoms with Gasteiger partial charge in [0.2, 0.25) is 0 Å². The second kappa shape index (κ2) is 7.36. The fraction of sp³-hybridized carbons (Fsp3) is 0.250. The SMILES string of the molecule is CCCC[Si](Cl)(Oc1ccccc1)Oc1ccccc1. The number of para-hydroxylation sites is 2. The van der Waals surface area contributed by atoms with Gasteiger partial charge in [0.1, 0.15) is 11.5 Å². The van der Waals surface area contributed by atoms with E-state index in [0.29, 0.717) is 0 Å². The molecule has 0 saturated heterocycles. The highest BCUT2D eigenvalue weighted by molar-refractivity contribution is 7.13. The Balaban J connectivity index is 2.12. The number of hydrogen-bond acceptors (Lipinski definition) is 2. The minimum atomic E-state index is -2.78. The lowest BCUT2D eigenvalue weighted by Crippen LogP contribution is -2.42. The summed E-state index contributed by atoms with van der Waals surface area (Å²) >= 11 is 6.68. The molecular formula is C16H19ClO2Si. The van der Waals surface area contributed by atoms with Crippen molar-refractivity contribution in [2.45, 2.75) is 25.8 Å². The van der Waals surface area contributed by atoms with Crippen molar-refractivity contribution < 1.29 is 8.85 Å². The second-order valence-electron chi connectivity index (χ2n) is 4.59. The van der Waals surface area contributed by atoms with Crippen molar-refractivity contribution in [3.8, 4) is 11.5 Å². The topological polar surface area (TPSA) is 18.5 Å². The summed E-state index contributed by atoms with van der Waals surface area (Å²) in [6.07, 6.45) is 2.06. The highest BCUT2D eigenvalue weighted by Gasteiger charge is 2.40. The summed E-state index contributed by atoms with van der Waals surface area (Å²) in [5.41, 5.74) is 0. The molecule has 0 heterocycles. The maximum Gasteiger partial charge on any atom is 0.569 e. The Bertz CT molecular complexity index is 463. The molecule has 0 aromatic heterocycles. The van der Waals surface area contributed by atoms with Gasteiger partial charge in [-0.3, -0.25) is 0 Å². The molecule has 0 amide bonds. The van der Waals surface area contributed by atoms with Crippen molar-refractivity contribution in [2.24, 2.45) is 0 Å². The molecule has 0 unspecified atom stereocenters. The van der Waals surface area contributed by atoms with E-state index in [0.717, 1.165) is 30.4 Å². The molecule has 0 bridgehead atoms. The van der Waals surface area contributed by atoms with Crippen LogP contribution in [-0.4, -0.2) is 7.87 Å². The Morgan fingerprint density at radius 2 is 1.30 bits per heavy atom. The van der Waals surface area contributed by atoms with Crippen LogP contribution in [0.3, 0.4) is 0 Å².